The molecule has 0 bridgehead atoms. The SMILES string of the molecule is COCCCCn1c(C(=O)N(CC(C)C)[C@@H]2CNCC(C(=O)N3CCCC3)C2)nc2ccccc21. The first-order valence-electron chi connectivity index (χ1n) is 13.2. The van der Waals surface area contributed by atoms with Crippen molar-refractivity contribution in [2.24, 2.45) is 11.8 Å². The zero-order valence-electron chi connectivity index (χ0n) is 21.5. The molecule has 0 saturated carbocycles. The number of imidazole rings is 1. The van der Waals surface area contributed by atoms with Gasteiger partial charge >= 0.3 is 0 Å². The van der Waals surface area contributed by atoms with Gasteiger partial charge in [-0.2, -0.15) is 0 Å². The van der Waals surface area contributed by atoms with Crippen LogP contribution in [0.15, 0.2) is 24.3 Å². The second-order valence-corrected chi connectivity index (χ2v) is 10.4. The van der Waals surface area contributed by atoms with Gasteiger partial charge < -0.3 is 24.4 Å². The first kappa shape index (κ1) is 25.6. The summed E-state index contributed by atoms with van der Waals surface area (Å²) in [7, 11) is 1.71. The smallest absolute Gasteiger partial charge is 0.290 e. The van der Waals surface area contributed by atoms with Crippen LogP contribution in [0.4, 0.5) is 0 Å². The first-order chi connectivity index (χ1) is 17.0. The number of fused-ring (bicyclic) bond motifs is 1. The number of aryl methyl sites for hydroxylation is 1. The molecule has 0 radical (unpaired) electrons. The molecule has 2 fully saturated rings. The van der Waals surface area contributed by atoms with Gasteiger partial charge in [-0.15, -0.1) is 0 Å². The normalized spacial score (nSPS) is 20.6. The van der Waals surface area contributed by atoms with Gasteiger partial charge in [0.05, 0.1) is 17.0 Å². The van der Waals surface area contributed by atoms with E-state index >= 15 is 0 Å². The number of rotatable bonds is 10. The number of piperidine rings is 1. The summed E-state index contributed by atoms with van der Waals surface area (Å²) in [5.41, 5.74) is 1.83. The molecule has 4 rings (SSSR count). The molecule has 1 N–H and O–H groups in total. The number of amides is 2. The Hall–Kier alpha value is -2.45. The van der Waals surface area contributed by atoms with Gasteiger partial charge in [0.1, 0.15) is 0 Å². The minimum absolute atomic E-state index is 0.0306. The number of para-hydroxylation sites is 2. The predicted octanol–water partition coefficient (Wildman–Crippen LogP) is 3.16. The van der Waals surface area contributed by atoms with E-state index < -0.39 is 0 Å². The second-order valence-electron chi connectivity index (χ2n) is 10.4. The third kappa shape index (κ3) is 6.04. The zero-order chi connectivity index (χ0) is 24.8. The Kier molecular flexibility index (Phi) is 8.78. The fourth-order valence-corrected chi connectivity index (χ4v) is 5.44. The number of hydrogen-bond donors (Lipinski definition) is 1. The highest BCUT2D eigenvalue weighted by Crippen LogP contribution is 2.25. The molecule has 192 valence electrons. The molecular formula is C27H41N5O3. The third-order valence-corrected chi connectivity index (χ3v) is 7.18. The highest BCUT2D eigenvalue weighted by molar-refractivity contribution is 5.95. The van der Waals surface area contributed by atoms with E-state index in [1.54, 1.807) is 7.11 Å². The number of carbonyl (C=O) groups is 2. The van der Waals surface area contributed by atoms with E-state index in [9.17, 15) is 9.59 Å². The van der Waals surface area contributed by atoms with Crippen LogP contribution < -0.4 is 5.32 Å². The Balaban J connectivity index is 1.58. The van der Waals surface area contributed by atoms with Gasteiger partial charge in [0.15, 0.2) is 5.82 Å². The summed E-state index contributed by atoms with van der Waals surface area (Å²) in [6.45, 7) is 9.46. The number of unbranched alkanes of at least 4 members (excludes halogenated alkanes) is 1. The highest BCUT2D eigenvalue weighted by atomic mass is 16.5. The van der Waals surface area contributed by atoms with Gasteiger partial charge in [0.2, 0.25) is 5.91 Å². The van der Waals surface area contributed by atoms with Crippen LogP contribution in [0, 0.1) is 11.8 Å². The van der Waals surface area contributed by atoms with Crippen molar-refractivity contribution in [3.8, 4) is 0 Å². The Morgan fingerprint density at radius 3 is 2.69 bits per heavy atom. The number of nitrogens with zero attached hydrogens (tertiary/aromatic N) is 4. The topological polar surface area (TPSA) is 79.7 Å². The molecule has 2 atom stereocenters. The molecule has 35 heavy (non-hydrogen) atoms. The van der Waals surface area contributed by atoms with Crippen molar-refractivity contribution in [2.75, 3.05) is 46.4 Å². The van der Waals surface area contributed by atoms with Crippen molar-refractivity contribution in [3.05, 3.63) is 30.1 Å². The van der Waals surface area contributed by atoms with Crippen molar-refractivity contribution in [2.45, 2.75) is 58.5 Å². The second kappa shape index (κ2) is 12.0. The standard InChI is InChI=1S/C27H41N5O3/c1-20(2)19-32(22-16-21(17-28-18-22)26(33)30-12-6-7-13-30)27(34)25-29-23-10-4-5-11-24(23)31(25)14-8-9-15-35-3/h4-5,10-11,20-22,28H,6-9,12-19H2,1-3H3/t21?,22-/m0/s1. The van der Waals surface area contributed by atoms with E-state index in [0.29, 0.717) is 44.4 Å². The lowest BCUT2D eigenvalue weighted by molar-refractivity contribution is -0.135. The minimum Gasteiger partial charge on any atom is -0.385 e. The molecule has 2 aliphatic heterocycles. The highest BCUT2D eigenvalue weighted by Gasteiger charge is 2.36. The molecule has 1 aromatic heterocycles. The number of methoxy groups -OCH3 is 1. The maximum absolute atomic E-state index is 14.1. The Morgan fingerprint density at radius 1 is 1.17 bits per heavy atom. The number of aromatic nitrogens is 2. The lowest BCUT2D eigenvalue weighted by Gasteiger charge is -2.39. The van der Waals surface area contributed by atoms with Crippen molar-refractivity contribution in [1.29, 1.82) is 0 Å². The monoisotopic (exact) mass is 483 g/mol. The number of hydrogen-bond acceptors (Lipinski definition) is 5. The summed E-state index contributed by atoms with van der Waals surface area (Å²) in [6.07, 6.45) is 4.73. The summed E-state index contributed by atoms with van der Waals surface area (Å²) in [4.78, 5) is 36.0. The van der Waals surface area contributed by atoms with Crippen molar-refractivity contribution >= 4 is 22.8 Å². The number of nitrogens with one attached hydrogen (secondary N) is 1. The Bertz CT molecular complexity index is 998. The van der Waals surface area contributed by atoms with Gasteiger partial charge in [0, 0.05) is 59.0 Å². The van der Waals surface area contributed by atoms with Gasteiger partial charge in [-0.3, -0.25) is 9.59 Å². The van der Waals surface area contributed by atoms with Gasteiger partial charge in [-0.05, 0) is 50.2 Å². The van der Waals surface area contributed by atoms with Gasteiger partial charge in [-0.1, -0.05) is 26.0 Å². The molecule has 2 saturated heterocycles. The van der Waals surface area contributed by atoms with E-state index in [-0.39, 0.29) is 23.8 Å². The van der Waals surface area contributed by atoms with Crippen LogP contribution >= 0.6 is 0 Å². The summed E-state index contributed by atoms with van der Waals surface area (Å²) >= 11 is 0. The number of benzene rings is 1. The average Bonchev–Trinajstić information content (AvgIpc) is 3.53. The molecule has 2 aliphatic rings. The third-order valence-electron chi connectivity index (χ3n) is 7.18. The number of ether oxygens (including phenoxy) is 1. The quantitative estimate of drug-likeness (QED) is 0.525. The summed E-state index contributed by atoms with van der Waals surface area (Å²) in [5.74, 6) is 0.928. The Morgan fingerprint density at radius 2 is 1.94 bits per heavy atom. The van der Waals surface area contributed by atoms with E-state index in [2.05, 4.69) is 23.7 Å². The molecule has 0 aliphatic carbocycles. The molecule has 8 heteroatoms. The van der Waals surface area contributed by atoms with E-state index in [4.69, 9.17) is 9.72 Å². The maximum atomic E-state index is 14.1. The van der Waals surface area contributed by atoms with Crippen LogP contribution in [0.25, 0.3) is 11.0 Å². The number of likely N-dealkylation sites (tertiary alicyclic amines) is 1. The molecule has 1 aromatic carbocycles. The fourth-order valence-electron chi connectivity index (χ4n) is 5.44. The summed E-state index contributed by atoms with van der Waals surface area (Å²) in [6, 6.07) is 7.93. The van der Waals surface area contributed by atoms with Crippen molar-refractivity contribution < 1.29 is 14.3 Å². The average molecular weight is 484 g/mol. The molecule has 8 nitrogen and oxygen atoms in total. The van der Waals surface area contributed by atoms with Crippen molar-refractivity contribution in [1.82, 2.24) is 24.7 Å². The number of carbonyl (C=O) groups excluding carboxylic acids is 2. The Labute approximate surface area is 209 Å². The zero-order valence-corrected chi connectivity index (χ0v) is 21.5. The van der Waals surface area contributed by atoms with E-state index in [1.165, 1.54) is 0 Å². The van der Waals surface area contributed by atoms with E-state index in [0.717, 1.165) is 56.4 Å². The van der Waals surface area contributed by atoms with Crippen LogP contribution in [0.1, 0.15) is 56.6 Å². The molecule has 2 aromatic rings. The summed E-state index contributed by atoms with van der Waals surface area (Å²) < 4.78 is 7.29. The van der Waals surface area contributed by atoms with E-state index in [1.807, 2.05) is 34.1 Å². The first-order valence-corrected chi connectivity index (χ1v) is 13.2. The molecule has 0 spiro atoms. The lowest BCUT2D eigenvalue weighted by Crippen LogP contribution is -2.55. The lowest BCUT2D eigenvalue weighted by atomic mass is 9.92. The van der Waals surface area contributed by atoms with Gasteiger partial charge in [0.25, 0.3) is 5.91 Å². The van der Waals surface area contributed by atoms with Crippen LogP contribution in [0.5, 0.6) is 0 Å². The fraction of sp³-hybridized carbons (Fsp3) is 0.667. The molecule has 3 heterocycles. The van der Waals surface area contributed by atoms with Crippen LogP contribution in [-0.4, -0.2) is 83.6 Å². The van der Waals surface area contributed by atoms with Crippen LogP contribution in [0.3, 0.4) is 0 Å². The van der Waals surface area contributed by atoms with Crippen molar-refractivity contribution in [3.63, 3.8) is 0 Å². The van der Waals surface area contributed by atoms with Crippen LogP contribution in [-0.2, 0) is 16.1 Å². The predicted molar refractivity (Wildman–Crippen MR) is 137 cm³/mol. The minimum atomic E-state index is -0.0813. The maximum Gasteiger partial charge on any atom is 0.290 e. The molecular weight excluding hydrogens is 442 g/mol. The molecule has 2 amide bonds. The van der Waals surface area contributed by atoms with Gasteiger partial charge in [-0.25, -0.2) is 4.98 Å². The summed E-state index contributed by atoms with van der Waals surface area (Å²) in [5, 5.41) is 3.46. The largest absolute Gasteiger partial charge is 0.385 e. The van der Waals surface area contributed by atoms with Crippen LogP contribution in [0.2, 0.25) is 0 Å². The molecule has 1 unspecified atom stereocenters.